The molecule has 0 heterocycles. The third kappa shape index (κ3) is 11.0. The highest BCUT2D eigenvalue weighted by atomic mass is 19.4. The van der Waals surface area contributed by atoms with Crippen molar-refractivity contribution in [1.29, 1.82) is 0 Å². The maximum Gasteiger partial charge on any atom is 0.416 e. The predicted molar refractivity (Wildman–Crippen MR) is 140 cm³/mol. The second kappa shape index (κ2) is 15.0. The van der Waals surface area contributed by atoms with E-state index >= 15 is 0 Å². The van der Waals surface area contributed by atoms with E-state index in [0.717, 1.165) is 37.4 Å². The molecule has 39 heavy (non-hydrogen) atoms. The number of halogens is 7. The molecular weight excluding hydrogens is 523 g/mol. The zero-order valence-electron chi connectivity index (χ0n) is 22.2. The lowest BCUT2D eigenvalue weighted by molar-refractivity contribution is -0.143. The summed E-state index contributed by atoms with van der Waals surface area (Å²) >= 11 is 0. The Balaban J connectivity index is 0.000000293. The highest BCUT2D eigenvalue weighted by molar-refractivity contribution is 5.34. The zero-order valence-corrected chi connectivity index (χ0v) is 22.2. The molecule has 0 radical (unpaired) electrons. The van der Waals surface area contributed by atoms with Crippen LogP contribution in [0.5, 0.6) is 0 Å². The highest BCUT2D eigenvalue weighted by Gasteiger charge is 2.36. The summed E-state index contributed by atoms with van der Waals surface area (Å²) in [6.07, 6.45) is -1.62. The van der Waals surface area contributed by atoms with Crippen molar-refractivity contribution in [2.24, 2.45) is 0 Å². The minimum atomic E-state index is -4.76. The SMILES string of the molecule is CCOCCN(Cc1ccccc1)C(C)C1=CC=C(F)CC=C1.CCc1cc(C(F)(F)F)cc(C(F)(F)F)c1. The first-order chi connectivity index (χ1) is 18.3. The smallest absolute Gasteiger partial charge is 0.380 e. The van der Waals surface area contributed by atoms with E-state index in [1.807, 2.05) is 31.2 Å². The van der Waals surface area contributed by atoms with Crippen LogP contribution in [0.1, 0.15) is 49.4 Å². The molecule has 9 heteroatoms. The van der Waals surface area contributed by atoms with E-state index in [2.05, 4.69) is 36.1 Å². The van der Waals surface area contributed by atoms with Gasteiger partial charge in [0.2, 0.25) is 0 Å². The first-order valence-corrected chi connectivity index (χ1v) is 12.7. The van der Waals surface area contributed by atoms with Crippen LogP contribution in [0, 0.1) is 0 Å². The normalized spacial score (nSPS) is 14.7. The van der Waals surface area contributed by atoms with Gasteiger partial charge in [-0.1, -0.05) is 55.5 Å². The molecule has 1 aliphatic rings. The number of aryl methyl sites for hydroxylation is 1. The first kappa shape index (κ1) is 32.3. The molecule has 0 saturated carbocycles. The molecule has 0 spiro atoms. The molecule has 3 rings (SSSR count). The number of allylic oxidation sites excluding steroid dienone is 4. The summed E-state index contributed by atoms with van der Waals surface area (Å²) in [6.45, 7) is 8.81. The minimum Gasteiger partial charge on any atom is -0.380 e. The molecule has 1 atom stereocenters. The van der Waals surface area contributed by atoms with Gasteiger partial charge in [-0.3, -0.25) is 4.90 Å². The molecule has 214 valence electrons. The van der Waals surface area contributed by atoms with Gasteiger partial charge in [0.15, 0.2) is 0 Å². The van der Waals surface area contributed by atoms with Gasteiger partial charge in [-0.2, -0.15) is 26.3 Å². The molecule has 0 amide bonds. The molecule has 1 aliphatic carbocycles. The van der Waals surface area contributed by atoms with Crippen LogP contribution in [0.4, 0.5) is 30.7 Å². The molecule has 0 aliphatic heterocycles. The van der Waals surface area contributed by atoms with Crippen molar-refractivity contribution in [2.75, 3.05) is 19.8 Å². The van der Waals surface area contributed by atoms with Gasteiger partial charge in [-0.25, -0.2) is 4.39 Å². The van der Waals surface area contributed by atoms with Gasteiger partial charge in [-0.15, -0.1) is 0 Å². The topological polar surface area (TPSA) is 12.5 Å². The first-order valence-electron chi connectivity index (χ1n) is 12.7. The van der Waals surface area contributed by atoms with Crippen LogP contribution in [0.3, 0.4) is 0 Å². The number of benzene rings is 2. The Kier molecular flexibility index (Phi) is 12.4. The van der Waals surface area contributed by atoms with Crippen molar-refractivity contribution in [3.8, 4) is 0 Å². The van der Waals surface area contributed by atoms with E-state index < -0.39 is 23.5 Å². The van der Waals surface area contributed by atoms with E-state index in [-0.39, 0.29) is 29.9 Å². The van der Waals surface area contributed by atoms with E-state index in [0.29, 0.717) is 13.0 Å². The summed E-state index contributed by atoms with van der Waals surface area (Å²) < 4.78 is 92.8. The summed E-state index contributed by atoms with van der Waals surface area (Å²) in [7, 11) is 0. The molecule has 0 bridgehead atoms. The van der Waals surface area contributed by atoms with Crippen molar-refractivity contribution in [3.63, 3.8) is 0 Å². The van der Waals surface area contributed by atoms with Crippen LogP contribution in [0.25, 0.3) is 0 Å². The summed E-state index contributed by atoms with van der Waals surface area (Å²) in [5.41, 5.74) is -0.110. The molecule has 1 unspecified atom stereocenters. The quantitative estimate of drug-likeness (QED) is 0.225. The van der Waals surface area contributed by atoms with Gasteiger partial charge in [0.25, 0.3) is 0 Å². The Hall–Kier alpha value is -2.91. The summed E-state index contributed by atoms with van der Waals surface area (Å²) in [5, 5.41) is 0. The lowest BCUT2D eigenvalue weighted by Crippen LogP contribution is -2.36. The largest absolute Gasteiger partial charge is 0.416 e. The minimum absolute atomic E-state index is 0.0159. The van der Waals surface area contributed by atoms with Gasteiger partial charge < -0.3 is 4.74 Å². The number of nitrogens with zero attached hydrogens (tertiary/aromatic N) is 1. The Labute approximate surface area is 225 Å². The van der Waals surface area contributed by atoms with Gasteiger partial charge in [-0.05, 0) is 61.2 Å². The average Bonchev–Trinajstić information content (AvgIpc) is 3.12. The van der Waals surface area contributed by atoms with Crippen molar-refractivity contribution in [3.05, 3.63) is 106 Å². The third-order valence-corrected chi connectivity index (χ3v) is 6.12. The van der Waals surface area contributed by atoms with Gasteiger partial charge in [0.1, 0.15) is 5.83 Å². The fourth-order valence-corrected chi connectivity index (χ4v) is 3.88. The van der Waals surface area contributed by atoms with Crippen molar-refractivity contribution < 1.29 is 35.5 Å². The van der Waals surface area contributed by atoms with Crippen molar-refractivity contribution >= 4 is 0 Å². The van der Waals surface area contributed by atoms with Crippen LogP contribution >= 0.6 is 0 Å². The van der Waals surface area contributed by atoms with E-state index in [9.17, 15) is 30.7 Å². The predicted octanol–water partition coefficient (Wildman–Crippen LogP) is 8.94. The maximum atomic E-state index is 13.4. The third-order valence-electron chi connectivity index (χ3n) is 6.12. The Bertz CT molecular complexity index is 1090. The van der Waals surface area contributed by atoms with Gasteiger partial charge >= 0.3 is 12.4 Å². The fraction of sp³-hybridized carbons (Fsp3) is 0.400. The van der Waals surface area contributed by atoms with Crippen LogP contribution < -0.4 is 0 Å². The molecule has 0 fully saturated rings. The average molecular weight is 558 g/mol. The van der Waals surface area contributed by atoms with Crippen molar-refractivity contribution in [1.82, 2.24) is 4.90 Å². The number of alkyl halides is 6. The highest BCUT2D eigenvalue weighted by Crippen LogP contribution is 2.36. The monoisotopic (exact) mass is 557 g/mol. The lowest BCUT2D eigenvalue weighted by Gasteiger charge is -2.30. The van der Waals surface area contributed by atoms with Crippen LogP contribution in [-0.4, -0.2) is 30.7 Å². The molecule has 0 N–H and O–H groups in total. The van der Waals surface area contributed by atoms with Gasteiger partial charge in [0, 0.05) is 32.2 Å². The number of hydrogen-bond donors (Lipinski definition) is 0. The molecular formula is C30H34F7NO. The fourth-order valence-electron chi connectivity index (χ4n) is 3.88. The van der Waals surface area contributed by atoms with E-state index in [1.165, 1.54) is 12.5 Å². The Morgan fingerprint density at radius 3 is 2.03 bits per heavy atom. The molecule has 0 aromatic heterocycles. The molecule has 2 aromatic rings. The second-order valence-electron chi connectivity index (χ2n) is 8.98. The Morgan fingerprint density at radius 1 is 0.872 bits per heavy atom. The molecule has 2 nitrogen and oxygen atoms in total. The standard InChI is InChI=1S/C20H26FNO.C10H8F6/c1-3-23-15-14-22(16-18-8-5-4-6-9-18)17(2)19-10-7-11-20(21)13-12-19;1-2-6-3-7(9(11,12)13)5-8(4-6)10(14,15)16/h4-10,12-13,17H,3,11,14-16H2,1-2H3;3-5H,2H2,1H3. The number of rotatable bonds is 9. The number of hydrogen-bond acceptors (Lipinski definition) is 2. The van der Waals surface area contributed by atoms with Crippen LogP contribution in [0.15, 0.2) is 84.2 Å². The van der Waals surface area contributed by atoms with Crippen LogP contribution in [0.2, 0.25) is 0 Å². The maximum absolute atomic E-state index is 13.4. The summed E-state index contributed by atoms with van der Waals surface area (Å²) in [5.74, 6) is -0.0904. The zero-order chi connectivity index (χ0) is 29.1. The van der Waals surface area contributed by atoms with E-state index in [4.69, 9.17) is 4.74 Å². The number of ether oxygens (including phenoxy) is 1. The van der Waals surface area contributed by atoms with Crippen molar-refractivity contribution in [2.45, 2.75) is 58.6 Å². The van der Waals surface area contributed by atoms with Gasteiger partial charge in [0.05, 0.1) is 17.7 Å². The van der Waals surface area contributed by atoms with E-state index in [1.54, 1.807) is 6.08 Å². The Morgan fingerprint density at radius 2 is 1.49 bits per heavy atom. The summed E-state index contributed by atoms with van der Waals surface area (Å²) in [4.78, 5) is 2.37. The lowest BCUT2D eigenvalue weighted by atomic mass is 10.0. The molecule has 2 aromatic carbocycles. The second-order valence-corrected chi connectivity index (χ2v) is 8.98. The van der Waals surface area contributed by atoms with Crippen LogP contribution in [-0.2, 0) is 30.1 Å². The molecule has 0 saturated heterocycles. The summed E-state index contributed by atoms with van der Waals surface area (Å²) in [6, 6.07) is 12.2.